The zero-order valence-electron chi connectivity index (χ0n) is 9.66. The molecule has 0 radical (unpaired) electrons. The lowest BCUT2D eigenvalue weighted by Gasteiger charge is -2.24. The number of likely N-dealkylation sites (N-methyl/N-ethyl adjacent to an activating group) is 1. The first-order valence-corrected chi connectivity index (χ1v) is 4.91. The van der Waals surface area contributed by atoms with Crippen LogP contribution in [-0.4, -0.2) is 34.6 Å². The lowest BCUT2D eigenvalue weighted by molar-refractivity contribution is 0.0930. The molecule has 0 saturated carbocycles. The van der Waals surface area contributed by atoms with E-state index in [2.05, 4.69) is 15.6 Å². The summed E-state index contributed by atoms with van der Waals surface area (Å²) in [6.45, 7) is 4.60. The van der Waals surface area contributed by atoms with Crippen molar-refractivity contribution in [3.63, 3.8) is 0 Å². The van der Waals surface area contributed by atoms with E-state index in [-0.39, 0.29) is 11.4 Å². The van der Waals surface area contributed by atoms with E-state index in [4.69, 9.17) is 0 Å². The molecule has 0 aliphatic carbocycles. The number of nitrogens with one attached hydrogen (secondary N) is 2. The molecule has 5 nitrogen and oxygen atoms in total. The van der Waals surface area contributed by atoms with Crippen LogP contribution in [0.4, 0.5) is 0 Å². The van der Waals surface area contributed by atoms with Gasteiger partial charge in [0.1, 0.15) is 0 Å². The predicted octanol–water partition coefficient (Wildman–Crippen LogP) is 0.148. The summed E-state index contributed by atoms with van der Waals surface area (Å²) in [6, 6.07) is 0. The Morgan fingerprint density at radius 1 is 1.60 bits per heavy atom. The summed E-state index contributed by atoms with van der Waals surface area (Å²) in [7, 11) is 3.66. The molecule has 5 heteroatoms. The van der Waals surface area contributed by atoms with Crippen LogP contribution in [0.15, 0.2) is 12.4 Å². The molecule has 0 aromatic carbocycles. The van der Waals surface area contributed by atoms with Gasteiger partial charge in [0.05, 0.1) is 0 Å². The Labute approximate surface area is 89.9 Å². The van der Waals surface area contributed by atoms with Crippen molar-refractivity contribution in [1.29, 1.82) is 0 Å². The molecule has 0 fully saturated rings. The number of hydrogen-bond acceptors (Lipinski definition) is 3. The van der Waals surface area contributed by atoms with E-state index in [0.29, 0.717) is 12.4 Å². The van der Waals surface area contributed by atoms with Gasteiger partial charge in [-0.2, -0.15) is 0 Å². The van der Waals surface area contributed by atoms with Gasteiger partial charge in [-0.25, -0.2) is 4.98 Å². The topological polar surface area (TPSA) is 58.9 Å². The van der Waals surface area contributed by atoms with E-state index in [1.165, 1.54) is 0 Å². The average molecular weight is 210 g/mol. The Morgan fingerprint density at radius 2 is 2.27 bits per heavy atom. The maximum atomic E-state index is 11.7. The Hall–Kier alpha value is -1.36. The number of carbonyl (C=O) groups is 1. The molecule has 0 aliphatic rings. The summed E-state index contributed by atoms with van der Waals surface area (Å²) in [5.41, 5.74) is -0.110. The van der Waals surface area contributed by atoms with Crippen molar-refractivity contribution in [2.75, 3.05) is 13.6 Å². The van der Waals surface area contributed by atoms with Crippen LogP contribution in [0.3, 0.4) is 0 Å². The quantitative estimate of drug-likeness (QED) is 0.743. The fourth-order valence-corrected chi connectivity index (χ4v) is 1.05. The minimum absolute atomic E-state index is 0.110. The van der Waals surface area contributed by atoms with Gasteiger partial charge in [0.2, 0.25) is 0 Å². The second kappa shape index (κ2) is 4.44. The normalized spacial score (nSPS) is 11.5. The van der Waals surface area contributed by atoms with Gasteiger partial charge in [0.15, 0.2) is 5.82 Å². The van der Waals surface area contributed by atoms with Gasteiger partial charge >= 0.3 is 0 Å². The molecule has 2 N–H and O–H groups in total. The summed E-state index contributed by atoms with van der Waals surface area (Å²) in [5.74, 6) is 0.285. The van der Waals surface area contributed by atoms with Gasteiger partial charge in [0, 0.05) is 31.5 Å². The van der Waals surface area contributed by atoms with Crippen LogP contribution in [0.1, 0.15) is 24.5 Å². The number of imidazole rings is 1. The third-order valence-corrected chi connectivity index (χ3v) is 2.39. The van der Waals surface area contributed by atoms with Gasteiger partial charge < -0.3 is 15.2 Å². The highest BCUT2D eigenvalue weighted by Crippen LogP contribution is 1.99. The number of rotatable bonds is 4. The summed E-state index contributed by atoms with van der Waals surface area (Å²) >= 11 is 0. The van der Waals surface area contributed by atoms with E-state index in [1.807, 2.05) is 20.9 Å². The van der Waals surface area contributed by atoms with E-state index in [0.717, 1.165) is 0 Å². The first-order chi connectivity index (χ1) is 6.96. The zero-order chi connectivity index (χ0) is 11.5. The Balaban J connectivity index is 2.55. The van der Waals surface area contributed by atoms with Gasteiger partial charge in [0.25, 0.3) is 5.91 Å². The lowest BCUT2D eigenvalue weighted by Crippen LogP contribution is -2.47. The molecule has 0 spiro atoms. The number of aryl methyl sites for hydroxylation is 1. The summed E-state index contributed by atoms with van der Waals surface area (Å²) in [5, 5.41) is 5.95. The fourth-order valence-electron chi connectivity index (χ4n) is 1.05. The highest BCUT2D eigenvalue weighted by atomic mass is 16.2. The van der Waals surface area contributed by atoms with Crippen molar-refractivity contribution in [1.82, 2.24) is 20.2 Å². The molecular formula is C10H18N4O. The molecule has 84 valence electrons. The monoisotopic (exact) mass is 210 g/mol. The van der Waals surface area contributed by atoms with Crippen LogP contribution >= 0.6 is 0 Å². The maximum Gasteiger partial charge on any atom is 0.287 e. The molecule has 1 rings (SSSR count). The van der Waals surface area contributed by atoms with Crippen molar-refractivity contribution in [3.05, 3.63) is 18.2 Å². The summed E-state index contributed by atoms with van der Waals surface area (Å²) < 4.78 is 1.70. The van der Waals surface area contributed by atoms with Gasteiger partial charge in [-0.1, -0.05) is 0 Å². The smallest absolute Gasteiger partial charge is 0.287 e. The highest BCUT2D eigenvalue weighted by molar-refractivity contribution is 5.90. The summed E-state index contributed by atoms with van der Waals surface area (Å²) in [4.78, 5) is 15.6. The molecule has 0 atom stereocenters. The molecule has 0 saturated heterocycles. The van der Waals surface area contributed by atoms with Crippen LogP contribution in [0.5, 0.6) is 0 Å². The average Bonchev–Trinajstić information content (AvgIpc) is 2.61. The minimum atomic E-state index is -0.147. The van der Waals surface area contributed by atoms with Gasteiger partial charge in [-0.05, 0) is 20.9 Å². The number of nitrogens with zero attached hydrogens (tertiary/aromatic N) is 2. The van der Waals surface area contributed by atoms with Crippen molar-refractivity contribution in [2.24, 2.45) is 7.05 Å². The number of hydrogen-bond donors (Lipinski definition) is 2. The molecule has 0 unspecified atom stereocenters. The number of amides is 1. The SMILES string of the molecule is CNC(C)(C)CNC(=O)c1nccn1C. The molecule has 15 heavy (non-hydrogen) atoms. The first-order valence-electron chi connectivity index (χ1n) is 4.91. The Kier molecular flexibility index (Phi) is 3.47. The van der Waals surface area contributed by atoms with E-state index < -0.39 is 0 Å². The van der Waals surface area contributed by atoms with Crippen LogP contribution in [0, 0.1) is 0 Å². The van der Waals surface area contributed by atoms with E-state index in [1.54, 1.807) is 24.0 Å². The van der Waals surface area contributed by atoms with Crippen LogP contribution in [-0.2, 0) is 7.05 Å². The molecule has 0 aliphatic heterocycles. The van der Waals surface area contributed by atoms with E-state index >= 15 is 0 Å². The largest absolute Gasteiger partial charge is 0.348 e. The molecular weight excluding hydrogens is 192 g/mol. The Morgan fingerprint density at radius 3 is 2.73 bits per heavy atom. The van der Waals surface area contributed by atoms with Crippen molar-refractivity contribution in [2.45, 2.75) is 19.4 Å². The van der Waals surface area contributed by atoms with Crippen molar-refractivity contribution < 1.29 is 4.79 Å². The maximum absolute atomic E-state index is 11.7. The molecule has 1 aromatic rings. The van der Waals surface area contributed by atoms with E-state index in [9.17, 15) is 4.79 Å². The predicted molar refractivity (Wildman–Crippen MR) is 58.7 cm³/mol. The molecule has 0 bridgehead atoms. The molecule has 1 aromatic heterocycles. The second-order valence-electron chi connectivity index (χ2n) is 4.18. The summed E-state index contributed by atoms with van der Waals surface area (Å²) in [6.07, 6.45) is 3.36. The number of aromatic nitrogens is 2. The van der Waals surface area contributed by atoms with Crippen LogP contribution < -0.4 is 10.6 Å². The first kappa shape index (κ1) is 11.7. The highest BCUT2D eigenvalue weighted by Gasteiger charge is 2.17. The van der Waals surface area contributed by atoms with Crippen molar-refractivity contribution >= 4 is 5.91 Å². The lowest BCUT2D eigenvalue weighted by atomic mass is 10.1. The molecule has 1 amide bonds. The van der Waals surface area contributed by atoms with Crippen molar-refractivity contribution in [3.8, 4) is 0 Å². The van der Waals surface area contributed by atoms with Crippen LogP contribution in [0.25, 0.3) is 0 Å². The number of carbonyl (C=O) groups excluding carboxylic acids is 1. The minimum Gasteiger partial charge on any atom is -0.348 e. The van der Waals surface area contributed by atoms with Gasteiger partial charge in [-0.3, -0.25) is 4.79 Å². The van der Waals surface area contributed by atoms with Gasteiger partial charge in [-0.15, -0.1) is 0 Å². The third kappa shape index (κ3) is 3.06. The third-order valence-electron chi connectivity index (χ3n) is 2.39. The standard InChI is InChI=1S/C10H18N4O/c1-10(2,11-3)7-13-9(15)8-12-5-6-14(8)4/h5-6,11H,7H2,1-4H3,(H,13,15). The fraction of sp³-hybridized carbons (Fsp3) is 0.600. The van der Waals surface area contributed by atoms with Crippen LogP contribution in [0.2, 0.25) is 0 Å². The molecule has 1 heterocycles. The zero-order valence-corrected chi connectivity index (χ0v) is 9.66. The second-order valence-corrected chi connectivity index (χ2v) is 4.18. The Bertz CT molecular complexity index is 343.